The summed E-state index contributed by atoms with van der Waals surface area (Å²) in [7, 11) is 2.61. The summed E-state index contributed by atoms with van der Waals surface area (Å²) in [5, 5.41) is 17.4. The van der Waals surface area contributed by atoms with E-state index in [9.17, 15) is 5.41 Å². The van der Waals surface area contributed by atoms with Crippen LogP contribution >= 0.6 is 7.92 Å². The lowest BCUT2D eigenvalue weighted by atomic mass is 9.88. The van der Waals surface area contributed by atoms with E-state index in [1.807, 2.05) is 30.3 Å². The summed E-state index contributed by atoms with van der Waals surface area (Å²) in [6.45, 7) is 0. The van der Waals surface area contributed by atoms with Crippen molar-refractivity contribution >= 4 is 46.9 Å². The Morgan fingerprint density at radius 2 is 1.20 bits per heavy atom. The highest BCUT2D eigenvalue weighted by Gasteiger charge is 2.32. The van der Waals surface area contributed by atoms with Crippen molar-refractivity contribution in [2.45, 2.75) is 12.8 Å². The molecule has 4 nitrogen and oxygen atoms in total. The van der Waals surface area contributed by atoms with Gasteiger partial charge in [-0.3, -0.25) is 5.41 Å². The highest BCUT2D eigenvalue weighted by Crippen LogP contribution is 2.44. The van der Waals surface area contributed by atoms with E-state index in [1.54, 1.807) is 14.2 Å². The maximum absolute atomic E-state index is 9.71. The van der Waals surface area contributed by atoms with E-state index in [0.717, 1.165) is 33.5 Å². The first-order valence-corrected chi connectivity index (χ1v) is 16.6. The minimum atomic E-state index is -0.729. The molecule has 1 aliphatic heterocycles. The number of allylic oxidation sites excluding steroid dienone is 2. The van der Waals surface area contributed by atoms with Gasteiger partial charge in [-0.25, -0.2) is 0 Å². The molecule has 0 spiro atoms. The smallest absolute Gasteiger partial charge is 0.161 e. The van der Waals surface area contributed by atoms with E-state index < -0.39 is 7.92 Å². The van der Waals surface area contributed by atoms with Crippen molar-refractivity contribution in [2.75, 3.05) is 14.2 Å². The number of methoxy groups -OCH3 is 2. The van der Waals surface area contributed by atoms with Crippen molar-refractivity contribution in [3.63, 3.8) is 0 Å². The van der Waals surface area contributed by atoms with Gasteiger partial charge in [0.05, 0.1) is 25.6 Å². The molecule has 1 aliphatic carbocycles. The molecule has 222 valence electrons. The Morgan fingerprint density at radius 3 is 1.76 bits per heavy atom. The van der Waals surface area contributed by atoms with Crippen molar-refractivity contribution in [2.24, 2.45) is 5.92 Å². The van der Waals surface area contributed by atoms with Gasteiger partial charge in [0.15, 0.2) is 11.5 Å². The lowest BCUT2D eigenvalue weighted by Crippen LogP contribution is -2.23. The second-order valence-electron chi connectivity index (χ2n) is 11.3. The van der Waals surface area contributed by atoms with Crippen LogP contribution in [0.2, 0.25) is 0 Å². The first-order chi connectivity index (χ1) is 22.1. The molecule has 7 rings (SSSR count). The first-order valence-electron chi connectivity index (χ1n) is 15.3. The van der Waals surface area contributed by atoms with Crippen molar-refractivity contribution < 1.29 is 9.47 Å². The third-order valence-corrected chi connectivity index (χ3v) is 10.9. The number of hydrogen-bond donors (Lipinski definition) is 2. The molecule has 0 atom stereocenters. The summed E-state index contributed by atoms with van der Waals surface area (Å²) in [5.74, 6) is 1.86. The van der Waals surface area contributed by atoms with Gasteiger partial charge in [0.1, 0.15) is 0 Å². The number of fused-ring (bicyclic) bond motifs is 1. The van der Waals surface area contributed by atoms with Crippen LogP contribution in [0, 0.1) is 11.3 Å². The Morgan fingerprint density at radius 1 is 0.667 bits per heavy atom. The molecule has 0 radical (unpaired) electrons. The third-order valence-electron chi connectivity index (χ3n) is 8.43. The topological polar surface area (TPSA) is 54.3 Å². The lowest BCUT2D eigenvalue weighted by Gasteiger charge is -2.27. The van der Waals surface area contributed by atoms with Crippen LogP contribution in [-0.2, 0) is 0 Å². The van der Waals surface area contributed by atoms with Gasteiger partial charge in [0.25, 0.3) is 0 Å². The van der Waals surface area contributed by atoms with Gasteiger partial charge in [0.2, 0.25) is 0 Å². The van der Waals surface area contributed by atoms with Crippen LogP contribution in [0.25, 0.3) is 17.3 Å². The van der Waals surface area contributed by atoms with Crippen LogP contribution in [0.15, 0.2) is 133 Å². The van der Waals surface area contributed by atoms with E-state index in [1.165, 1.54) is 34.5 Å². The Balaban J connectivity index is 1.35. The summed E-state index contributed by atoms with van der Waals surface area (Å²) in [6.07, 6.45) is 4.56. The monoisotopic (exact) mass is 606 g/mol. The standard InChI is InChI=1S/C40H35N2O2P/c1-43-36-25-30-24-35(27-18-19-27)42-40(34(30)26-37(36)44-2)38(28-12-6-3-7-13-28)39(41)29-20-22-33(23-21-29)45(31-14-8-4-9-15-31)32-16-10-5-11-17-32/h3-17,20-27,41-42H,18-19H2,1-2H3/b40-38-,41-39?. The van der Waals surface area contributed by atoms with Gasteiger partial charge in [-0.15, -0.1) is 0 Å². The zero-order valence-electron chi connectivity index (χ0n) is 25.5. The average molecular weight is 607 g/mol. The van der Waals surface area contributed by atoms with Gasteiger partial charge in [-0.2, -0.15) is 0 Å². The minimum absolute atomic E-state index is 0.469. The molecule has 0 bridgehead atoms. The predicted octanol–water partition coefficient (Wildman–Crippen LogP) is 7.75. The Hall–Kier alpha value is -4.92. The maximum atomic E-state index is 9.71. The zero-order valence-corrected chi connectivity index (χ0v) is 26.4. The van der Waals surface area contributed by atoms with E-state index in [0.29, 0.717) is 23.1 Å². The van der Waals surface area contributed by atoms with Crippen LogP contribution in [0.1, 0.15) is 35.1 Å². The third kappa shape index (κ3) is 5.82. The molecule has 2 aliphatic rings. The number of nitrogens with one attached hydrogen (secondary N) is 2. The quantitative estimate of drug-likeness (QED) is 0.133. The minimum Gasteiger partial charge on any atom is -0.493 e. The normalized spacial score (nSPS) is 15.0. The van der Waals surface area contributed by atoms with Crippen LogP contribution < -0.4 is 30.7 Å². The molecule has 5 aromatic rings. The number of ether oxygens (including phenoxy) is 2. The SMILES string of the molecule is COc1cc2c(cc1OC)/C(=C(/C(=N)c1ccc(P(c3ccccc3)c3ccccc3)cc1)c1ccccc1)NC(C1CC1)=C2. The van der Waals surface area contributed by atoms with Crippen molar-refractivity contribution in [1.29, 1.82) is 5.41 Å². The molecule has 5 heteroatoms. The molecule has 45 heavy (non-hydrogen) atoms. The number of benzene rings is 5. The molecule has 5 aromatic carbocycles. The van der Waals surface area contributed by atoms with Crippen LogP contribution in [0.4, 0.5) is 0 Å². The van der Waals surface area contributed by atoms with Gasteiger partial charge >= 0.3 is 0 Å². The van der Waals surface area contributed by atoms with Gasteiger partial charge in [-0.05, 0) is 71.9 Å². The summed E-state index contributed by atoms with van der Waals surface area (Å²) in [5.41, 5.74) is 7.36. The van der Waals surface area contributed by atoms with Gasteiger partial charge in [0, 0.05) is 22.4 Å². The van der Waals surface area contributed by atoms with E-state index in [4.69, 9.17) is 9.47 Å². The van der Waals surface area contributed by atoms with Crippen LogP contribution in [0.5, 0.6) is 11.5 Å². The van der Waals surface area contributed by atoms with E-state index in [2.05, 4.69) is 108 Å². The van der Waals surface area contributed by atoms with Gasteiger partial charge < -0.3 is 14.8 Å². The second-order valence-corrected chi connectivity index (χ2v) is 13.6. The molecular weight excluding hydrogens is 571 g/mol. The van der Waals surface area contributed by atoms with E-state index >= 15 is 0 Å². The molecule has 2 N–H and O–H groups in total. The molecule has 1 saturated carbocycles. The largest absolute Gasteiger partial charge is 0.493 e. The fourth-order valence-electron chi connectivity index (χ4n) is 6.00. The fourth-order valence-corrected chi connectivity index (χ4v) is 8.28. The Bertz CT molecular complexity index is 1860. The molecule has 0 amide bonds. The summed E-state index contributed by atoms with van der Waals surface area (Å²) in [6, 6.07) is 44.4. The molecule has 1 heterocycles. The summed E-state index contributed by atoms with van der Waals surface area (Å²) in [4.78, 5) is 0. The highest BCUT2D eigenvalue weighted by molar-refractivity contribution is 7.79. The maximum Gasteiger partial charge on any atom is 0.161 e. The molecule has 1 fully saturated rings. The highest BCUT2D eigenvalue weighted by atomic mass is 31.1. The summed E-state index contributed by atoms with van der Waals surface area (Å²) >= 11 is 0. The number of hydrogen-bond acceptors (Lipinski definition) is 4. The molecule has 0 unspecified atom stereocenters. The zero-order chi connectivity index (χ0) is 30.8. The number of rotatable bonds is 9. The van der Waals surface area contributed by atoms with Crippen LogP contribution in [0.3, 0.4) is 0 Å². The van der Waals surface area contributed by atoms with Gasteiger partial charge in [-0.1, -0.05) is 115 Å². The lowest BCUT2D eigenvalue weighted by molar-refractivity contribution is 0.354. The molecular formula is C40H35N2O2P. The van der Waals surface area contributed by atoms with E-state index in [-0.39, 0.29) is 0 Å². The Kier molecular flexibility index (Phi) is 8.07. The fraction of sp³-hybridized carbons (Fsp3) is 0.125. The second kappa shape index (κ2) is 12.6. The van der Waals surface area contributed by atoms with Crippen molar-refractivity contribution in [1.82, 2.24) is 5.32 Å². The Labute approximate surface area is 266 Å². The van der Waals surface area contributed by atoms with Crippen LogP contribution in [-0.4, -0.2) is 19.9 Å². The molecule has 0 aromatic heterocycles. The van der Waals surface area contributed by atoms with Crippen molar-refractivity contribution in [3.8, 4) is 11.5 Å². The summed E-state index contributed by atoms with van der Waals surface area (Å²) < 4.78 is 11.4. The molecule has 0 saturated heterocycles. The predicted molar refractivity (Wildman–Crippen MR) is 189 cm³/mol. The average Bonchev–Trinajstić information content (AvgIpc) is 3.95. The van der Waals surface area contributed by atoms with Crippen molar-refractivity contribution in [3.05, 3.63) is 155 Å². The first kappa shape index (κ1) is 28.8.